The smallest absolute Gasteiger partial charge is 0.191 e. The summed E-state index contributed by atoms with van der Waals surface area (Å²) >= 11 is 0. The van der Waals surface area contributed by atoms with Crippen LogP contribution >= 0.6 is 0 Å². The summed E-state index contributed by atoms with van der Waals surface area (Å²) in [6.45, 7) is 10.8. The van der Waals surface area contributed by atoms with E-state index in [9.17, 15) is 0 Å². The zero-order chi connectivity index (χ0) is 19.3. The fourth-order valence-corrected chi connectivity index (χ4v) is 5.71. The molecule has 0 aromatic rings. The molecule has 0 aromatic heterocycles. The van der Waals surface area contributed by atoms with Crippen molar-refractivity contribution in [2.45, 2.75) is 76.8 Å². The van der Waals surface area contributed by atoms with Crippen LogP contribution in [0.5, 0.6) is 0 Å². The molecule has 2 unspecified atom stereocenters. The summed E-state index contributed by atoms with van der Waals surface area (Å²) in [6.07, 6.45) is 10.6. The van der Waals surface area contributed by atoms with Crippen LogP contribution in [0, 0.1) is 11.8 Å². The standard InChI is InChI=1S/C22H43N5/c1-18-14-19(2)16-20(15-18)25-21(23-3)24-17-22(8-12-26(4)13-9-22)27-10-6-5-7-11-27/h18-20H,5-17H2,1-4H3,(H2,23,24,25). The van der Waals surface area contributed by atoms with Crippen molar-refractivity contribution < 1.29 is 0 Å². The van der Waals surface area contributed by atoms with Gasteiger partial charge < -0.3 is 15.5 Å². The first-order chi connectivity index (χ1) is 13.0. The number of piperidine rings is 2. The highest BCUT2D eigenvalue weighted by Crippen LogP contribution is 2.31. The zero-order valence-corrected chi connectivity index (χ0v) is 18.3. The predicted molar refractivity (Wildman–Crippen MR) is 115 cm³/mol. The van der Waals surface area contributed by atoms with Crippen molar-refractivity contribution in [3.05, 3.63) is 0 Å². The van der Waals surface area contributed by atoms with E-state index >= 15 is 0 Å². The van der Waals surface area contributed by atoms with Crippen molar-refractivity contribution in [3.8, 4) is 0 Å². The van der Waals surface area contributed by atoms with Gasteiger partial charge in [-0.15, -0.1) is 0 Å². The molecule has 0 bridgehead atoms. The molecule has 3 fully saturated rings. The Morgan fingerprint density at radius 3 is 2.19 bits per heavy atom. The van der Waals surface area contributed by atoms with Crippen LogP contribution in [0.25, 0.3) is 0 Å². The molecule has 0 aromatic carbocycles. The van der Waals surface area contributed by atoms with Gasteiger partial charge in [0.1, 0.15) is 0 Å². The fourth-order valence-electron chi connectivity index (χ4n) is 5.71. The molecule has 2 heterocycles. The Labute approximate surface area is 167 Å². The highest BCUT2D eigenvalue weighted by Gasteiger charge is 2.39. The van der Waals surface area contributed by atoms with Gasteiger partial charge in [0.25, 0.3) is 0 Å². The molecule has 2 atom stereocenters. The molecule has 0 amide bonds. The number of likely N-dealkylation sites (tertiary alicyclic amines) is 2. The van der Waals surface area contributed by atoms with Gasteiger partial charge in [0, 0.05) is 25.2 Å². The second kappa shape index (κ2) is 9.60. The van der Waals surface area contributed by atoms with Crippen LogP contribution in [-0.2, 0) is 0 Å². The van der Waals surface area contributed by atoms with E-state index in [1.165, 1.54) is 77.5 Å². The Kier molecular flexibility index (Phi) is 7.43. The van der Waals surface area contributed by atoms with Gasteiger partial charge in [-0.2, -0.15) is 0 Å². The van der Waals surface area contributed by atoms with Gasteiger partial charge in [-0.05, 0) is 90.0 Å². The first-order valence-electron chi connectivity index (χ1n) is 11.4. The quantitative estimate of drug-likeness (QED) is 0.584. The summed E-state index contributed by atoms with van der Waals surface area (Å²) in [7, 11) is 4.19. The first kappa shape index (κ1) is 20.9. The molecule has 3 rings (SSSR count). The highest BCUT2D eigenvalue weighted by molar-refractivity contribution is 5.80. The third-order valence-corrected chi connectivity index (χ3v) is 7.27. The summed E-state index contributed by atoms with van der Waals surface area (Å²) in [5.41, 5.74) is 0.303. The van der Waals surface area contributed by atoms with Crippen LogP contribution in [0.2, 0.25) is 0 Å². The van der Waals surface area contributed by atoms with Crippen molar-refractivity contribution in [2.24, 2.45) is 16.8 Å². The first-order valence-corrected chi connectivity index (χ1v) is 11.4. The lowest BCUT2D eigenvalue weighted by molar-refractivity contribution is 0.0172. The molecule has 2 aliphatic heterocycles. The molecule has 0 radical (unpaired) electrons. The molecule has 156 valence electrons. The summed E-state index contributed by atoms with van der Waals surface area (Å²) < 4.78 is 0. The lowest BCUT2D eigenvalue weighted by Crippen LogP contribution is -2.62. The number of guanidine groups is 1. The van der Waals surface area contributed by atoms with Crippen LogP contribution in [0.3, 0.4) is 0 Å². The van der Waals surface area contributed by atoms with Crippen molar-refractivity contribution in [2.75, 3.05) is 46.8 Å². The Balaban J connectivity index is 1.59. The van der Waals surface area contributed by atoms with Crippen molar-refractivity contribution in [1.82, 2.24) is 20.4 Å². The lowest BCUT2D eigenvalue weighted by atomic mass is 9.80. The monoisotopic (exact) mass is 377 g/mol. The van der Waals surface area contributed by atoms with Crippen molar-refractivity contribution in [1.29, 1.82) is 0 Å². The summed E-state index contributed by atoms with van der Waals surface area (Å²) in [5.74, 6) is 2.65. The molecule has 5 heteroatoms. The predicted octanol–water partition coefficient (Wildman–Crippen LogP) is 2.93. The molecule has 27 heavy (non-hydrogen) atoms. The Morgan fingerprint density at radius 2 is 1.59 bits per heavy atom. The molecular weight excluding hydrogens is 334 g/mol. The van der Waals surface area contributed by atoms with E-state index in [4.69, 9.17) is 0 Å². The molecule has 1 aliphatic carbocycles. The Bertz CT molecular complexity index is 467. The van der Waals surface area contributed by atoms with E-state index in [2.05, 4.69) is 46.3 Å². The molecule has 5 nitrogen and oxygen atoms in total. The van der Waals surface area contributed by atoms with E-state index in [-0.39, 0.29) is 0 Å². The number of rotatable bonds is 4. The minimum absolute atomic E-state index is 0.303. The van der Waals surface area contributed by atoms with Gasteiger partial charge in [0.2, 0.25) is 0 Å². The van der Waals surface area contributed by atoms with Crippen LogP contribution in [0.15, 0.2) is 4.99 Å². The second-order valence-corrected chi connectivity index (χ2v) is 9.76. The lowest BCUT2D eigenvalue weighted by Gasteiger charge is -2.50. The van der Waals surface area contributed by atoms with Gasteiger partial charge in [0.15, 0.2) is 5.96 Å². The van der Waals surface area contributed by atoms with Gasteiger partial charge >= 0.3 is 0 Å². The van der Waals surface area contributed by atoms with Gasteiger partial charge in [-0.3, -0.25) is 9.89 Å². The third kappa shape index (κ3) is 5.60. The van der Waals surface area contributed by atoms with Crippen molar-refractivity contribution >= 4 is 5.96 Å². The number of aliphatic imine (C=N–C) groups is 1. The average molecular weight is 378 g/mol. The number of nitrogens with zero attached hydrogens (tertiary/aromatic N) is 3. The second-order valence-electron chi connectivity index (χ2n) is 9.76. The minimum atomic E-state index is 0.303. The molecule has 0 spiro atoms. The summed E-state index contributed by atoms with van der Waals surface area (Å²) in [5, 5.41) is 7.49. The molecule has 1 saturated carbocycles. The van der Waals surface area contributed by atoms with Crippen LogP contribution < -0.4 is 10.6 Å². The normalized spacial score (nSPS) is 33.6. The maximum absolute atomic E-state index is 4.57. The van der Waals surface area contributed by atoms with Gasteiger partial charge in [-0.1, -0.05) is 20.3 Å². The van der Waals surface area contributed by atoms with E-state index in [1.807, 2.05) is 7.05 Å². The molecule has 2 saturated heterocycles. The van der Waals surface area contributed by atoms with Gasteiger partial charge in [0.05, 0.1) is 0 Å². The van der Waals surface area contributed by atoms with E-state index in [0.29, 0.717) is 11.6 Å². The minimum Gasteiger partial charge on any atom is -0.355 e. The van der Waals surface area contributed by atoms with E-state index < -0.39 is 0 Å². The number of nitrogens with one attached hydrogen (secondary N) is 2. The Morgan fingerprint density at radius 1 is 0.963 bits per heavy atom. The summed E-state index contributed by atoms with van der Waals surface area (Å²) in [6, 6.07) is 0.568. The maximum atomic E-state index is 4.57. The molecule has 2 N–H and O–H groups in total. The summed E-state index contributed by atoms with van der Waals surface area (Å²) in [4.78, 5) is 9.86. The zero-order valence-electron chi connectivity index (χ0n) is 18.3. The van der Waals surface area contributed by atoms with Crippen molar-refractivity contribution in [3.63, 3.8) is 0 Å². The van der Waals surface area contributed by atoms with Gasteiger partial charge in [-0.25, -0.2) is 0 Å². The Hall–Kier alpha value is -0.810. The third-order valence-electron chi connectivity index (χ3n) is 7.27. The largest absolute Gasteiger partial charge is 0.355 e. The maximum Gasteiger partial charge on any atom is 0.191 e. The number of hydrogen-bond acceptors (Lipinski definition) is 3. The number of hydrogen-bond donors (Lipinski definition) is 2. The van der Waals surface area contributed by atoms with Crippen LogP contribution in [-0.4, -0.2) is 74.2 Å². The molecule has 3 aliphatic rings. The SMILES string of the molecule is CN=C(NCC1(N2CCCCC2)CCN(C)CC1)NC1CC(C)CC(C)C1. The van der Waals surface area contributed by atoms with Crippen LogP contribution in [0.1, 0.15) is 65.2 Å². The molecular formula is C22H43N5. The fraction of sp³-hybridized carbons (Fsp3) is 0.955. The highest BCUT2D eigenvalue weighted by atomic mass is 15.3. The topological polar surface area (TPSA) is 42.9 Å². The van der Waals surface area contributed by atoms with E-state index in [1.54, 1.807) is 0 Å². The van der Waals surface area contributed by atoms with Crippen LogP contribution in [0.4, 0.5) is 0 Å². The van der Waals surface area contributed by atoms with E-state index in [0.717, 1.165) is 24.3 Å². The average Bonchev–Trinajstić information content (AvgIpc) is 2.66.